The van der Waals surface area contributed by atoms with Crippen molar-refractivity contribution in [1.82, 2.24) is 10.2 Å². The number of esters is 1. The largest absolute Gasteiger partial charge is 0.466 e. The molecule has 0 bridgehead atoms. The van der Waals surface area contributed by atoms with Crippen molar-refractivity contribution in [2.24, 2.45) is 5.92 Å². The third-order valence-corrected chi connectivity index (χ3v) is 5.02. The Balaban J connectivity index is 2.06. The van der Waals surface area contributed by atoms with E-state index in [1.54, 1.807) is 36.4 Å². The van der Waals surface area contributed by atoms with E-state index in [1.165, 1.54) is 25.1 Å². The van der Waals surface area contributed by atoms with Gasteiger partial charge >= 0.3 is 18.2 Å². The minimum Gasteiger partial charge on any atom is -0.466 e. The molecule has 0 saturated carbocycles. The highest BCUT2D eigenvalue weighted by Gasteiger charge is 2.69. The zero-order valence-electron chi connectivity index (χ0n) is 16.7. The maximum atomic E-state index is 14.0. The van der Waals surface area contributed by atoms with Gasteiger partial charge in [-0.1, -0.05) is 30.3 Å². The number of carbonyl (C=O) groups excluding carboxylic acids is 2. The van der Waals surface area contributed by atoms with Crippen molar-refractivity contribution in [3.63, 3.8) is 0 Å². The van der Waals surface area contributed by atoms with Crippen molar-refractivity contribution >= 4 is 12.0 Å². The molecule has 1 heterocycles. The van der Waals surface area contributed by atoms with Crippen LogP contribution in [-0.2, 0) is 9.53 Å². The first-order valence-electron chi connectivity index (χ1n) is 9.42. The van der Waals surface area contributed by atoms with Gasteiger partial charge in [0, 0.05) is 7.05 Å². The Kier molecular flexibility index (Phi) is 6.12. The number of amides is 2. The van der Waals surface area contributed by atoms with E-state index in [-0.39, 0.29) is 22.8 Å². The zero-order valence-corrected chi connectivity index (χ0v) is 16.7. The Morgan fingerprint density at radius 2 is 1.81 bits per heavy atom. The lowest BCUT2D eigenvalue weighted by molar-refractivity contribution is -0.328. The minimum absolute atomic E-state index is 0.0649. The molecule has 2 N–H and O–H groups in total. The summed E-state index contributed by atoms with van der Waals surface area (Å²) in [6.07, 6.45) is -5.33. The fraction of sp³-hybridized carbons (Fsp3) is 0.333. The van der Waals surface area contributed by atoms with E-state index in [9.17, 15) is 27.9 Å². The minimum atomic E-state index is -5.33. The average molecular weight is 438 g/mol. The van der Waals surface area contributed by atoms with Crippen LogP contribution in [0.5, 0.6) is 11.5 Å². The second kappa shape index (κ2) is 8.46. The second-order valence-electron chi connectivity index (χ2n) is 6.93. The number of rotatable bonds is 5. The summed E-state index contributed by atoms with van der Waals surface area (Å²) in [5.41, 5.74) is -3.64. The third kappa shape index (κ3) is 4.15. The van der Waals surface area contributed by atoms with Gasteiger partial charge in [0.15, 0.2) is 0 Å². The quantitative estimate of drug-likeness (QED) is 0.697. The van der Waals surface area contributed by atoms with Crippen molar-refractivity contribution in [2.45, 2.75) is 24.9 Å². The summed E-state index contributed by atoms with van der Waals surface area (Å²) in [5, 5.41) is 13.0. The molecule has 2 amide bonds. The first kappa shape index (κ1) is 22.4. The number of aliphatic hydroxyl groups is 1. The highest BCUT2D eigenvalue weighted by molar-refractivity contribution is 5.83. The van der Waals surface area contributed by atoms with Gasteiger partial charge in [-0.2, -0.15) is 13.2 Å². The molecule has 1 fully saturated rings. The molecule has 0 radical (unpaired) electrons. The van der Waals surface area contributed by atoms with Gasteiger partial charge < -0.3 is 19.9 Å². The first-order valence-corrected chi connectivity index (χ1v) is 9.42. The molecule has 7 nitrogen and oxygen atoms in total. The molecular formula is C21H21F3N2O5. The number of para-hydroxylation sites is 1. The SMILES string of the molecule is CCOC(=O)[C@@H]1[C@@H](c2cccc(Oc3ccccc3)c2)NC(=O)N(C)[C@]1(O)C(F)(F)F. The van der Waals surface area contributed by atoms with Crippen LogP contribution in [0.3, 0.4) is 0 Å². The molecule has 3 atom stereocenters. The topological polar surface area (TPSA) is 88.1 Å². The number of nitrogens with one attached hydrogen (secondary N) is 1. The van der Waals surface area contributed by atoms with Crippen molar-refractivity contribution in [3.8, 4) is 11.5 Å². The Bertz CT molecular complexity index is 954. The molecule has 0 unspecified atom stereocenters. The number of hydrogen-bond acceptors (Lipinski definition) is 5. The van der Waals surface area contributed by atoms with Crippen LogP contribution in [0.1, 0.15) is 18.5 Å². The number of alkyl halides is 3. The predicted molar refractivity (Wildman–Crippen MR) is 103 cm³/mol. The van der Waals surface area contributed by atoms with Crippen molar-refractivity contribution in [1.29, 1.82) is 0 Å². The van der Waals surface area contributed by atoms with Gasteiger partial charge in [0.1, 0.15) is 17.4 Å². The van der Waals surface area contributed by atoms with Crippen molar-refractivity contribution in [2.75, 3.05) is 13.7 Å². The van der Waals surface area contributed by atoms with Gasteiger partial charge in [0.25, 0.3) is 5.72 Å². The number of halogens is 3. The summed E-state index contributed by atoms with van der Waals surface area (Å²) in [6, 6.07) is 11.8. The number of ether oxygens (including phenoxy) is 2. The van der Waals surface area contributed by atoms with E-state index in [0.717, 1.165) is 7.05 Å². The molecule has 0 aromatic heterocycles. The maximum Gasteiger partial charge on any atom is 0.437 e. The molecular weight excluding hydrogens is 417 g/mol. The molecule has 2 aromatic carbocycles. The molecule has 1 aliphatic rings. The second-order valence-corrected chi connectivity index (χ2v) is 6.93. The van der Waals surface area contributed by atoms with Crippen molar-refractivity contribution in [3.05, 3.63) is 60.2 Å². The van der Waals surface area contributed by atoms with E-state index in [1.807, 2.05) is 0 Å². The van der Waals surface area contributed by atoms with E-state index in [4.69, 9.17) is 9.47 Å². The standard InChI is InChI=1S/C21H21F3N2O5/c1-3-30-18(27)16-17(25-19(28)26(2)20(16,29)21(22,23)24)13-8-7-11-15(12-13)31-14-9-5-4-6-10-14/h4-12,16-17,29H,3H2,1-2H3,(H,25,28)/t16-,17+,20+/m0/s1. The van der Waals surface area contributed by atoms with Crippen LogP contribution >= 0.6 is 0 Å². The first-order chi connectivity index (χ1) is 14.6. The molecule has 0 spiro atoms. The maximum absolute atomic E-state index is 14.0. The summed E-state index contributed by atoms with van der Waals surface area (Å²) in [6.45, 7) is 1.23. The summed E-state index contributed by atoms with van der Waals surface area (Å²) in [7, 11) is 0.764. The van der Waals surface area contributed by atoms with Gasteiger partial charge in [0.2, 0.25) is 0 Å². The van der Waals surface area contributed by atoms with Crippen LogP contribution in [0, 0.1) is 5.92 Å². The number of hydrogen-bond donors (Lipinski definition) is 2. The average Bonchev–Trinajstić information content (AvgIpc) is 2.72. The number of benzene rings is 2. The van der Waals surface area contributed by atoms with Gasteiger partial charge in [0.05, 0.1) is 12.6 Å². The number of nitrogens with zero attached hydrogens (tertiary/aromatic N) is 1. The van der Waals surface area contributed by atoms with Gasteiger partial charge in [-0.05, 0) is 36.8 Å². The van der Waals surface area contributed by atoms with E-state index in [2.05, 4.69) is 5.32 Å². The summed E-state index contributed by atoms with van der Waals surface area (Å²) in [5.74, 6) is -2.72. The molecule has 10 heteroatoms. The molecule has 1 saturated heterocycles. The van der Waals surface area contributed by atoms with Crippen LogP contribution in [0.4, 0.5) is 18.0 Å². The Hall–Kier alpha value is -3.27. The number of carbonyl (C=O) groups is 2. The van der Waals surface area contributed by atoms with E-state index >= 15 is 0 Å². The lowest BCUT2D eigenvalue weighted by atomic mass is 9.81. The normalized spacial score (nSPS) is 23.8. The highest BCUT2D eigenvalue weighted by atomic mass is 19.4. The van der Waals surface area contributed by atoms with Crippen molar-refractivity contribution < 1.29 is 37.3 Å². The third-order valence-electron chi connectivity index (χ3n) is 5.02. The fourth-order valence-corrected chi connectivity index (χ4v) is 3.48. The Morgan fingerprint density at radius 3 is 2.42 bits per heavy atom. The molecule has 3 rings (SSSR count). The lowest BCUT2D eigenvalue weighted by Crippen LogP contribution is -2.73. The molecule has 166 valence electrons. The predicted octanol–water partition coefficient (Wildman–Crippen LogP) is 3.61. The summed E-state index contributed by atoms with van der Waals surface area (Å²) in [4.78, 5) is 25.0. The molecule has 1 aliphatic heterocycles. The van der Waals surface area contributed by atoms with Crippen LogP contribution in [0.25, 0.3) is 0 Å². The molecule has 2 aromatic rings. The molecule has 0 aliphatic carbocycles. The van der Waals surface area contributed by atoms with Crippen LogP contribution in [0.15, 0.2) is 54.6 Å². The lowest BCUT2D eigenvalue weighted by Gasteiger charge is -2.49. The zero-order chi connectivity index (χ0) is 22.8. The van der Waals surface area contributed by atoms with Crippen LogP contribution in [0.2, 0.25) is 0 Å². The summed E-state index contributed by atoms with van der Waals surface area (Å²) >= 11 is 0. The number of urea groups is 1. The van der Waals surface area contributed by atoms with Gasteiger partial charge in [-0.25, -0.2) is 4.79 Å². The van der Waals surface area contributed by atoms with Gasteiger partial charge in [-0.15, -0.1) is 0 Å². The fourth-order valence-electron chi connectivity index (χ4n) is 3.48. The molecule has 31 heavy (non-hydrogen) atoms. The smallest absolute Gasteiger partial charge is 0.437 e. The van der Waals surface area contributed by atoms with Crippen LogP contribution in [-0.4, -0.2) is 47.6 Å². The monoisotopic (exact) mass is 438 g/mol. The van der Waals surface area contributed by atoms with E-state index < -0.39 is 35.9 Å². The van der Waals surface area contributed by atoms with E-state index in [0.29, 0.717) is 5.75 Å². The Morgan fingerprint density at radius 1 is 1.16 bits per heavy atom. The summed E-state index contributed by atoms with van der Waals surface area (Å²) < 4.78 is 52.4. The van der Waals surface area contributed by atoms with Gasteiger partial charge in [-0.3, -0.25) is 9.69 Å². The Labute approximate surface area is 176 Å². The highest BCUT2D eigenvalue weighted by Crippen LogP contribution is 2.47. The van der Waals surface area contributed by atoms with Crippen LogP contribution < -0.4 is 10.1 Å².